The Morgan fingerprint density at radius 1 is 1.71 bits per heavy atom. The molecule has 0 aliphatic heterocycles. The number of aryl methyl sites for hydroxylation is 1. The van der Waals surface area contributed by atoms with Crippen LogP contribution in [-0.4, -0.2) is 26.3 Å². The average Bonchev–Trinajstić information content (AvgIpc) is 2.82. The number of carboxylic acid groups (broad SMARTS) is 1. The zero-order chi connectivity index (χ0) is 10.1. The Labute approximate surface area is 81.6 Å². The topological polar surface area (TPSA) is 78.9 Å². The molecule has 1 aliphatic rings. The Morgan fingerprint density at radius 3 is 3.07 bits per heavy atom. The van der Waals surface area contributed by atoms with Gasteiger partial charge in [0, 0.05) is 12.3 Å². The van der Waals surface area contributed by atoms with Gasteiger partial charge in [0.25, 0.3) is 0 Å². The molecular formula is C9H13N3O2. The zero-order valence-corrected chi connectivity index (χ0v) is 8.03. The van der Waals surface area contributed by atoms with E-state index in [0.29, 0.717) is 12.2 Å². The molecule has 1 heterocycles. The van der Waals surface area contributed by atoms with Crippen molar-refractivity contribution in [2.24, 2.45) is 5.92 Å². The minimum absolute atomic E-state index is 0.0364. The van der Waals surface area contributed by atoms with Crippen LogP contribution >= 0.6 is 0 Å². The second-order valence-electron chi connectivity index (χ2n) is 3.68. The number of aromatic nitrogens is 3. The summed E-state index contributed by atoms with van der Waals surface area (Å²) in [6.07, 6.45) is 2.57. The molecule has 2 atom stereocenters. The van der Waals surface area contributed by atoms with Gasteiger partial charge in [0.15, 0.2) is 5.82 Å². The van der Waals surface area contributed by atoms with Crippen LogP contribution < -0.4 is 0 Å². The van der Waals surface area contributed by atoms with Gasteiger partial charge < -0.3 is 5.11 Å². The lowest BCUT2D eigenvalue weighted by atomic mass is 10.3. The summed E-state index contributed by atoms with van der Waals surface area (Å²) in [5.74, 6) is 0.561. The normalized spacial score (nSPS) is 24.9. The van der Waals surface area contributed by atoms with Crippen molar-refractivity contribution in [2.45, 2.75) is 32.1 Å². The van der Waals surface area contributed by atoms with Gasteiger partial charge in [0.2, 0.25) is 0 Å². The number of H-pyrrole nitrogens is 1. The van der Waals surface area contributed by atoms with Crippen LogP contribution in [-0.2, 0) is 11.2 Å². The quantitative estimate of drug-likeness (QED) is 0.749. The summed E-state index contributed by atoms with van der Waals surface area (Å²) in [7, 11) is 0. The summed E-state index contributed by atoms with van der Waals surface area (Å²) < 4.78 is 0. The third-order valence-corrected chi connectivity index (χ3v) is 2.48. The van der Waals surface area contributed by atoms with Crippen molar-refractivity contribution < 1.29 is 9.90 Å². The van der Waals surface area contributed by atoms with E-state index in [4.69, 9.17) is 5.11 Å². The SMILES string of the molecule is CCCc1nc(C2CC2C(=O)O)n[nH]1. The maximum Gasteiger partial charge on any atom is 0.307 e. The van der Waals surface area contributed by atoms with Crippen LogP contribution in [0.2, 0.25) is 0 Å². The van der Waals surface area contributed by atoms with E-state index in [1.54, 1.807) is 0 Å². The number of hydrogen-bond donors (Lipinski definition) is 2. The molecule has 1 saturated carbocycles. The predicted molar refractivity (Wildman–Crippen MR) is 48.9 cm³/mol. The number of carboxylic acids is 1. The second-order valence-corrected chi connectivity index (χ2v) is 3.68. The highest BCUT2D eigenvalue weighted by atomic mass is 16.4. The standard InChI is InChI=1S/C9H13N3O2/c1-2-3-7-10-8(12-11-7)5-4-6(5)9(13)14/h5-6H,2-4H2,1H3,(H,13,14)(H,10,11,12). The third-order valence-electron chi connectivity index (χ3n) is 2.48. The number of aromatic amines is 1. The minimum atomic E-state index is -0.739. The lowest BCUT2D eigenvalue weighted by Gasteiger charge is -1.88. The van der Waals surface area contributed by atoms with E-state index in [-0.39, 0.29) is 11.8 Å². The van der Waals surface area contributed by atoms with Gasteiger partial charge in [-0.3, -0.25) is 9.89 Å². The van der Waals surface area contributed by atoms with Crippen LogP contribution in [0.3, 0.4) is 0 Å². The van der Waals surface area contributed by atoms with E-state index in [2.05, 4.69) is 22.1 Å². The van der Waals surface area contributed by atoms with Crippen molar-refractivity contribution in [1.82, 2.24) is 15.2 Å². The molecule has 0 radical (unpaired) electrons. The Kier molecular flexibility index (Phi) is 2.23. The van der Waals surface area contributed by atoms with Gasteiger partial charge in [0.1, 0.15) is 5.82 Å². The monoisotopic (exact) mass is 195 g/mol. The molecule has 0 saturated heterocycles. The molecular weight excluding hydrogens is 182 g/mol. The highest BCUT2D eigenvalue weighted by Gasteiger charge is 2.46. The summed E-state index contributed by atoms with van der Waals surface area (Å²) in [5, 5.41) is 15.6. The largest absolute Gasteiger partial charge is 0.481 e. The fraction of sp³-hybridized carbons (Fsp3) is 0.667. The Bertz CT molecular complexity index is 348. The van der Waals surface area contributed by atoms with Gasteiger partial charge in [-0.05, 0) is 12.8 Å². The molecule has 5 nitrogen and oxygen atoms in total. The first-order valence-electron chi connectivity index (χ1n) is 4.86. The van der Waals surface area contributed by atoms with Crippen LogP contribution in [0.5, 0.6) is 0 Å². The van der Waals surface area contributed by atoms with Crippen LogP contribution in [0.1, 0.15) is 37.3 Å². The molecule has 76 valence electrons. The Hall–Kier alpha value is -1.39. The molecule has 14 heavy (non-hydrogen) atoms. The number of hydrogen-bond acceptors (Lipinski definition) is 3. The number of nitrogens with zero attached hydrogens (tertiary/aromatic N) is 2. The van der Waals surface area contributed by atoms with Crippen molar-refractivity contribution in [3.8, 4) is 0 Å². The van der Waals surface area contributed by atoms with Crippen molar-refractivity contribution in [2.75, 3.05) is 0 Å². The van der Waals surface area contributed by atoms with Gasteiger partial charge in [-0.15, -0.1) is 0 Å². The summed E-state index contributed by atoms with van der Waals surface area (Å²) in [5.41, 5.74) is 0. The van der Waals surface area contributed by atoms with Crippen LogP contribution in [0.15, 0.2) is 0 Å². The summed E-state index contributed by atoms with van der Waals surface area (Å²) in [6, 6.07) is 0. The molecule has 0 bridgehead atoms. The van der Waals surface area contributed by atoms with Crippen molar-refractivity contribution in [1.29, 1.82) is 0 Å². The van der Waals surface area contributed by atoms with Crippen molar-refractivity contribution >= 4 is 5.97 Å². The molecule has 0 amide bonds. The number of rotatable bonds is 4. The van der Waals surface area contributed by atoms with Crippen LogP contribution in [0.4, 0.5) is 0 Å². The Morgan fingerprint density at radius 2 is 2.50 bits per heavy atom. The summed E-state index contributed by atoms with van der Waals surface area (Å²) >= 11 is 0. The zero-order valence-electron chi connectivity index (χ0n) is 8.03. The number of aliphatic carboxylic acids is 1. The highest BCUT2D eigenvalue weighted by molar-refractivity contribution is 5.74. The van der Waals surface area contributed by atoms with E-state index in [1.165, 1.54) is 0 Å². The molecule has 5 heteroatoms. The van der Waals surface area contributed by atoms with Crippen LogP contribution in [0, 0.1) is 5.92 Å². The molecule has 1 aromatic rings. The first-order valence-corrected chi connectivity index (χ1v) is 4.86. The van der Waals surface area contributed by atoms with Crippen molar-refractivity contribution in [3.05, 3.63) is 11.6 Å². The minimum Gasteiger partial charge on any atom is -0.481 e. The predicted octanol–water partition coefficient (Wildman–Crippen LogP) is 0.945. The summed E-state index contributed by atoms with van der Waals surface area (Å²) in [4.78, 5) is 14.9. The molecule has 0 spiro atoms. The lowest BCUT2D eigenvalue weighted by molar-refractivity contribution is -0.138. The van der Waals surface area contributed by atoms with E-state index in [0.717, 1.165) is 18.7 Å². The molecule has 0 aromatic carbocycles. The van der Waals surface area contributed by atoms with Gasteiger partial charge in [0.05, 0.1) is 5.92 Å². The first kappa shape index (κ1) is 9.18. The summed E-state index contributed by atoms with van der Waals surface area (Å²) in [6.45, 7) is 2.07. The lowest BCUT2D eigenvalue weighted by Crippen LogP contribution is -1.99. The molecule has 1 aromatic heterocycles. The van der Waals surface area contributed by atoms with E-state index >= 15 is 0 Å². The maximum atomic E-state index is 10.6. The first-order chi connectivity index (χ1) is 6.72. The van der Waals surface area contributed by atoms with E-state index in [9.17, 15) is 4.79 Å². The third kappa shape index (κ3) is 1.62. The Balaban J connectivity index is 2.01. The molecule has 2 unspecified atom stereocenters. The van der Waals surface area contributed by atoms with E-state index < -0.39 is 5.97 Å². The molecule has 1 aliphatic carbocycles. The second kappa shape index (κ2) is 3.40. The van der Waals surface area contributed by atoms with Crippen molar-refractivity contribution in [3.63, 3.8) is 0 Å². The average molecular weight is 195 g/mol. The molecule has 2 N–H and O–H groups in total. The fourth-order valence-corrected chi connectivity index (χ4v) is 1.58. The highest BCUT2D eigenvalue weighted by Crippen LogP contribution is 2.45. The van der Waals surface area contributed by atoms with E-state index in [1.807, 2.05) is 0 Å². The molecule has 2 rings (SSSR count). The number of carbonyl (C=O) groups is 1. The molecule has 1 fully saturated rings. The van der Waals surface area contributed by atoms with Gasteiger partial charge in [-0.1, -0.05) is 6.92 Å². The van der Waals surface area contributed by atoms with Gasteiger partial charge in [-0.2, -0.15) is 5.10 Å². The smallest absolute Gasteiger partial charge is 0.307 e. The van der Waals surface area contributed by atoms with Gasteiger partial charge >= 0.3 is 5.97 Å². The fourth-order valence-electron chi connectivity index (χ4n) is 1.58. The van der Waals surface area contributed by atoms with Gasteiger partial charge in [-0.25, -0.2) is 4.98 Å². The number of nitrogens with one attached hydrogen (secondary N) is 1. The van der Waals surface area contributed by atoms with Crippen LogP contribution in [0.25, 0.3) is 0 Å². The maximum absolute atomic E-state index is 10.6.